The molecule has 0 aliphatic heterocycles. The molecule has 0 amide bonds. The maximum absolute atomic E-state index is 10.7. The van der Waals surface area contributed by atoms with E-state index in [0.717, 1.165) is 38.5 Å². The molecule has 90 valence electrons. The predicted octanol–water partition coefficient (Wildman–Crippen LogP) is 3.22. The standard InChI is InChI=1S/C13H21NO2/c1-12(11-14)9-7-5-3-4-6-8-10-13(15)16-2/h8,10,12H,3-7,9H2,1-2H3. The number of allylic oxidation sites excluding steroid dienone is 1. The molecule has 1 atom stereocenters. The number of hydrogen-bond donors (Lipinski definition) is 0. The summed E-state index contributed by atoms with van der Waals surface area (Å²) in [5, 5.41) is 8.58. The first kappa shape index (κ1) is 14.7. The summed E-state index contributed by atoms with van der Waals surface area (Å²) in [4.78, 5) is 10.7. The Balaban J connectivity index is 3.25. The molecule has 0 N–H and O–H groups in total. The normalized spacial score (nSPS) is 12.3. The Morgan fingerprint density at radius 2 is 2.06 bits per heavy atom. The van der Waals surface area contributed by atoms with Crippen molar-refractivity contribution in [1.82, 2.24) is 0 Å². The first-order valence-corrected chi connectivity index (χ1v) is 5.84. The summed E-state index contributed by atoms with van der Waals surface area (Å²) in [6.45, 7) is 1.96. The minimum atomic E-state index is -0.289. The molecule has 0 aromatic heterocycles. The number of rotatable bonds is 8. The van der Waals surface area contributed by atoms with Crippen LogP contribution in [0.5, 0.6) is 0 Å². The van der Waals surface area contributed by atoms with E-state index in [-0.39, 0.29) is 11.9 Å². The number of esters is 1. The number of methoxy groups -OCH3 is 1. The summed E-state index contributed by atoms with van der Waals surface area (Å²) in [6, 6.07) is 2.23. The second kappa shape index (κ2) is 10.2. The fourth-order valence-corrected chi connectivity index (χ4v) is 1.38. The average molecular weight is 223 g/mol. The van der Waals surface area contributed by atoms with E-state index >= 15 is 0 Å². The van der Waals surface area contributed by atoms with Gasteiger partial charge in [-0.25, -0.2) is 4.79 Å². The molecular weight excluding hydrogens is 202 g/mol. The van der Waals surface area contributed by atoms with Crippen LogP contribution in [-0.2, 0) is 9.53 Å². The fraction of sp³-hybridized carbons (Fsp3) is 0.692. The highest BCUT2D eigenvalue weighted by atomic mass is 16.5. The van der Waals surface area contributed by atoms with Crippen molar-refractivity contribution in [3.05, 3.63) is 12.2 Å². The Labute approximate surface area is 98.1 Å². The van der Waals surface area contributed by atoms with E-state index in [1.807, 2.05) is 13.0 Å². The smallest absolute Gasteiger partial charge is 0.330 e. The zero-order valence-corrected chi connectivity index (χ0v) is 10.2. The zero-order valence-electron chi connectivity index (χ0n) is 10.2. The van der Waals surface area contributed by atoms with Gasteiger partial charge < -0.3 is 4.74 Å². The molecule has 0 fully saturated rings. The Bertz CT molecular complexity index is 253. The average Bonchev–Trinajstić information content (AvgIpc) is 2.31. The van der Waals surface area contributed by atoms with Crippen LogP contribution in [0.3, 0.4) is 0 Å². The SMILES string of the molecule is COC(=O)C=CCCCCCCC(C)C#N. The number of nitrogens with zero attached hydrogens (tertiary/aromatic N) is 1. The number of hydrogen-bond acceptors (Lipinski definition) is 3. The van der Waals surface area contributed by atoms with Gasteiger partial charge in [-0.15, -0.1) is 0 Å². The van der Waals surface area contributed by atoms with Gasteiger partial charge in [-0.2, -0.15) is 5.26 Å². The molecule has 0 aromatic carbocycles. The van der Waals surface area contributed by atoms with Crippen LogP contribution >= 0.6 is 0 Å². The van der Waals surface area contributed by atoms with Crippen molar-refractivity contribution in [1.29, 1.82) is 5.26 Å². The zero-order chi connectivity index (χ0) is 12.2. The number of ether oxygens (including phenoxy) is 1. The quantitative estimate of drug-likeness (QED) is 0.360. The number of nitriles is 1. The Hall–Kier alpha value is -1.30. The highest BCUT2D eigenvalue weighted by Crippen LogP contribution is 2.10. The third-order valence-electron chi connectivity index (χ3n) is 2.43. The second-order valence-corrected chi connectivity index (χ2v) is 3.95. The Kier molecular flexibility index (Phi) is 9.39. The number of carbonyl (C=O) groups is 1. The molecule has 0 heterocycles. The summed E-state index contributed by atoms with van der Waals surface area (Å²) < 4.78 is 4.48. The molecule has 3 heteroatoms. The van der Waals surface area contributed by atoms with Crippen LogP contribution in [0.2, 0.25) is 0 Å². The lowest BCUT2D eigenvalue weighted by atomic mass is 10.0. The van der Waals surface area contributed by atoms with Gasteiger partial charge >= 0.3 is 5.97 Å². The molecule has 0 spiro atoms. The van der Waals surface area contributed by atoms with Gasteiger partial charge in [-0.1, -0.05) is 25.3 Å². The molecule has 0 bridgehead atoms. The first-order chi connectivity index (χ1) is 7.70. The lowest BCUT2D eigenvalue weighted by Crippen LogP contribution is -1.93. The maximum Gasteiger partial charge on any atom is 0.330 e. The predicted molar refractivity (Wildman–Crippen MR) is 63.6 cm³/mol. The van der Waals surface area contributed by atoms with Gasteiger partial charge in [-0.3, -0.25) is 0 Å². The van der Waals surface area contributed by atoms with Crippen molar-refractivity contribution >= 4 is 5.97 Å². The molecule has 0 aliphatic carbocycles. The molecule has 0 aliphatic rings. The molecule has 0 aromatic rings. The fourth-order valence-electron chi connectivity index (χ4n) is 1.38. The van der Waals surface area contributed by atoms with Crippen LogP contribution in [0.25, 0.3) is 0 Å². The largest absolute Gasteiger partial charge is 0.466 e. The van der Waals surface area contributed by atoms with Gasteiger partial charge in [0.2, 0.25) is 0 Å². The molecule has 0 saturated carbocycles. The first-order valence-electron chi connectivity index (χ1n) is 5.84. The van der Waals surface area contributed by atoms with Gasteiger partial charge in [0, 0.05) is 12.0 Å². The summed E-state index contributed by atoms with van der Waals surface area (Å²) in [6.07, 6.45) is 9.77. The highest BCUT2D eigenvalue weighted by molar-refractivity contribution is 5.81. The van der Waals surface area contributed by atoms with Crippen LogP contribution in [0.15, 0.2) is 12.2 Å². The Morgan fingerprint density at radius 3 is 2.69 bits per heavy atom. The molecule has 0 saturated heterocycles. The van der Waals surface area contributed by atoms with Gasteiger partial charge in [-0.05, 0) is 26.2 Å². The monoisotopic (exact) mass is 223 g/mol. The third kappa shape index (κ3) is 9.26. The van der Waals surface area contributed by atoms with Gasteiger partial charge in [0.15, 0.2) is 0 Å². The summed E-state index contributed by atoms with van der Waals surface area (Å²) in [5.41, 5.74) is 0. The van der Waals surface area contributed by atoms with E-state index in [0.29, 0.717) is 0 Å². The van der Waals surface area contributed by atoms with Crippen LogP contribution in [-0.4, -0.2) is 13.1 Å². The molecular formula is C13H21NO2. The Morgan fingerprint density at radius 1 is 1.38 bits per heavy atom. The van der Waals surface area contributed by atoms with Gasteiger partial charge in [0.05, 0.1) is 13.2 Å². The highest BCUT2D eigenvalue weighted by Gasteiger charge is 1.98. The lowest BCUT2D eigenvalue weighted by Gasteiger charge is -2.01. The maximum atomic E-state index is 10.7. The topological polar surface area (TPSA) is 50.1 Å². The number of carbonyl (C=O) groups excluding carboxylic acids is 1. The van der Waals surface area contributed by atoms with Crippen molar-refractivity contribution in [2.75, 3.05) is 7.11 Å². The minimum Gasteiger partial charge on any atom is -0.466 e. The number of unbranched alkanes of at least 4 members (excludes halogenated alkanes) is 4. The van der Waals surface area contributed by atoms with E-state index < -0.39 is 0 Å². The van der Waals surface area contributed by atoms with Crippen molar-refractivity contribution in [3.8, 4) is 6.07 Å². The van der Waals surface area contributed by atoms with Crippen LogP contribution in [0.1, 0.15) is 45.4 Å². The van der Waals surface area contributed by atoms with Crippen LogP contribution in [0, 0.1) is 17.2 Å². The summed E-state index contributed by atoms with van der Waals surface area (Å²) >= 11 is 0. The minimum absolute atomic E-state index is 0.180. The van der Waals surface area contributed by atoms with E-state index in [9.17, 15) is 4.79 Å². The van der Waals surface area contributed by atoms with Gasteiger partial charge in [0.1, 0.15) is 0 Å². The van der Waals surface area contributed by atoms with Crippen molar-refractivity contribution in [3.63, 3.8) is 0 Å². The van der Waals surface area contributed by atoms with E-state index in [1.165, 1.54) is 13.2 Å². The second-order valence-electron chi connectivity index (χ2n) is 3.95. The third-order valence-corrected chi connectivity index (χ3v) is 2.43. The molecule has 0 radical (unpaired) electrons. The summed E-state index contributed by atoms with van der Waals surface area (Å²) in [5.74, 6) is -0.109. The van der Waals surface area contributed by atoms with Crippen molar-refractivity contribution in [2.24, 2.45) is 5.92 Å². The van der Waals surface area contributed by atoms with Crippen molar-refractivity contribution in [2.45, 2.75) is 45.4 Å². The molecule has 3 nitrogen and oxygen atoms in total. The van der Waals surface area contributed by atoms with Gasteiger partial charge in [0.25, 0.3) is 0 Å². The lowest BCUT2D eigenvalue weighted by molar-refractivity contribution is -0.134. The molecule has 16 heavy (non-hydrogen) atoms. The summed E-state index contributed by atoms with van der Waals surface area (Å²) in [7, 11) is 1.38. The van der Waals surface area contributed by atoms with E-state index in [1.54, 1.807) is 0 Å². The van der Waals surface area contributed by atoms with Crippen LogP contribution in [0.4, 0.5) is 0 Å². The van der Waals surface area contributed by atoms with E-state index in [4.69, 9.17) is 5.26 Å². The van der Waals surface area contributed by atoms with Crippen molar-refractivity contribution < 1.29 is 9.53 Å². The van der Waals surface area contributed by atoms with Crippen LogP contribution < -0.4 is 0 Å². The molecule has 1 unspecified atom stereocenters. The molecule has 0 rings (SSSR count). The van der Waals surface area contributed by atoms with E-state index in [2.05, 4.69) is 10.8 Å².